The van der Waals surface area contributed by atoms with E-state index in [4.69, 9.17) is 11.6 Å². The number of hydrogen-bond acceptors (Lipinski definition) is 2. The summed E-state index contributed by atoms with van der Waals surface area (Å²) in [4.78, 5) is 1.39. The van der Waals surface area contributed by atoms with Gasteiger partial charge in [0.25, 0.3) is 0 Å². The van der Waals surface area contributed by atoms with Crippen molar-refractivity contribution in [3.63, 3.8) is 0 Å². The monoisotopic (exact) mass is 265 g/mol. The average Bonchev–Trinajstić information content (AvgIpc) is 2.68. The second kappa shape index (κ2) is 5.11. The number of nitrogens with one attached hydrogen (secondary N) is 1. The van der Waals surface area contributed by atoms with E-state index in [0.717, 1.165) is 10.7 Å². The zero-order valence-electron chi connectivity index (χ0n) is 10.3. The Morgan fingerprint density at radius 1 is 1.18 bits per heavy atom. The van der Waals surface area contributed by atoms with Gasteiger partial charge in [0, 0.05) is 15.6 Å². The van der Waals surface area contributed by atoms with Crippen molar-refractivity contribution in [3.05, 3.63) is 50.7 Å². The second-order valence-electron chi connectivity index (χ2n) is 4.29. The van der Waals surface area contributed by atoms with Crippen molar-refractivity contribution in [2.75, 3.05) is 5.32 Å². The van der Waals surface area contributed by atoms with Gasteiger partial charge in [0.2, 0.25) is 0 Å². The third kappa shape index (κ3) is 2.82. The molecule has 2 aromatic rings. The zero-order chi connectivity index (χ0) is 12.4. The molecule has 1 unspecified atom stereocenters. The van der Waals surface area contributed by atoms with Gasteiger partial charge >= 0.3 is 0 Å². The molecule has 2 rings (SSSR count). The van der Waals surface area contributed by atoms with Crippen molar-refractivity contribution in [1.29, 1.82) is 0 Å². The molecule has 0 bridgehead atoms. The lowest BCUT2D eigenvalue weighted by Gasteiger charge is -2.17. The van der Waals surface area contributed by atoms with Crippen LogP contribution in [0.2, 0.25) is 5.02 Å². The molecule has 0 aliphatic carbocycles. The van der Waals surface area contributed by atoms with Crippen LogP contribution in [0, 0.1) is 13.8 Å². The van der Waals surface area contributed by atoms with Crippen LogP contribution in [0.15, 0.2) is 29.6 Å². The molecular formula is C14H16ClNS. The van der Waals surface area contributed by atoms with E-state index in [1.54, 1.807) is 11.3 Å². The molecule has 0 amide bonds. The summed E-state index contributed by atoms with van der Waals surface area (Å²) >= 11 is 7.75. The van der Waals surface area contributed by atoms with Gasteiger partial charge in [-0.25, -0.2) is 0 Å². The van der Waals surface area contributed by atoms with Gasteiger partial charge in [-0.3, -0.25) is 0 Å². The van der Waals surface area contributed by atoms with Gasteiger partial charge in [-0.1, -0.05) is 11.6 Å². The Morgan fingerprint density at radius 3 is 2.53 bits per heavy atom. The molecule has 0 radical (unpaired) electrons. The maximum Gasteiger partial charge on any atom is 0.0581 e. The van der Waals surface area contributed by atoms with Crippen molar-refractivity contribution >= 4 is 28.6 Å². The van der Waals surface area contributed by atoms with E-state index in [1.807, 2.05) is 18.2 Å². The Kier molecular flexibility index (Phi) is 3.75. The van der Waals surface area contributed by atoms with Crippen LogP contribution < -0.4 is 5.32 Å². The zero-order valence-corrected chi connectivity index (χ0v) is 11.8. The van der Waals surface area contributed by atoms with Crippen molar-refractivity contribution < 1.29 is 0 Å². The highest BCUT2D eigenvalue weighted by atomic mass is 35.5. The first kappa shape index (κ1) is 12.5. The van der Waals surface area contributed by atoms with Crippen LogP contribution in [-0.4, -0.2) is 0 Å². The van der Waals surface area contributed by atoms with Crippen LogP contribution in [0.5, 0.6) is 0 Å². The number of rotatable bonds is 3. The fourth-order valence-corrected chi connectivity index (χ4v) is 3.08. The largest absolute Gasteiger partial charge is 0.377 e. The minimum atomic E-state index is 0.329. The van der Waals surface area contributed by atoms with Gasteiger partial charge in [-0.05, 0) is 61.5 Å². The molecule has 1 atom stereocenters. The Bertz CT molecular complexity index is 519. The number of benzene rings is 1. The van der Waals surface area contributed by atoms with E-state index in [-0.39, 0.29) is 0 Å². The predicted molar refractivity (Wildman–Crippen MR) is 77.3 cm³/mol. The summed E-state index contributed by atoms with van der Waals surface area (Å²) < 4.78 is 0. The Morgan fingerprint density at radius 2 is 1.94 bits per heavy atom. The van der Waals surface area contributed by atoms with Gasteiger partial charge in [-0.2, -0.15) is 0 Å². The van der Waals surface area contributed by atoms with Gasteiger partial charge in [0.15, 0.2) is 0 Å². The SMILES string of the molecule is Cc1cc(Cl)ccc1NC(C)c1sccc1C. The summed E-state index contributed by atoms with van der Waals surface area (Å²) in [5.41, 5.74) is 3.68. The third-order valence-corrected chi connectivity index (χ3v) is 4.29. The lowest BCUT2D eigenvalue weighted by atomic mass is 10.1. The predicted octanol–water partition coefficient (Wildman–Crippen LogP) is 5.19. The molecule has 17 heavy (non-hydrogen) atoms. The maximum atomic E-state index is 5.95. The van der Waals surface area contributed by atoms with Gasteiger partial charge in [0.1, 0.15) is 0 Å². The first-order valence-electron chi connectivity index (χ1n) is 5.64. The maximum absolute atomic E-state index is 5.95. The number of halogens is 1. The van der Waals surface area contributed by atoms with Crippen LogP contribution in [0.25, 0.3) is 0 Å². The lowest BCUT2D eigenvalue weighted by Crippen LogP contribution is -2.07. The summed E-state index contributed by atoms with van der Waals surface area (Å²) in [6.45, 7) is 6.41. The average molecular weight is 266 g/mol. The topological polar surface area (TPSA) is 12.0 Å². The molecular weight excluding hydrogens is 250 g/mol. The van der Waals surface area contributed by atoms with Crippen molar-refractivity contribution in [1.82, 2.24) is 0 Å². The summed E-state index contributed by atoms with van der Waals surface area (Å²) in [6.07, 6.45) is 0. The summed E-state index contributed by atoms with van der Waals surface area (Å²) in [6, 6.07) is 8.43. The van der Waals surface area contributed by atoms with Crippen LogP contribution in [0.4, 0.5) is 5.69 Å². The second-order valence-corrected chi connectivity index (χ2v) is 5.68. The summed E-state index contributed by atoms with van der Waals surface area (Å²) in [7, 11) is 0. The summed E-state index contributed by atoms with van der Waals surface area (Å²) in [5.74, 6) is 0. The first-order valence-corrected chi connectivity index (χ1v) is 6.90. The lowest BCUT2D eigenvalue weighted by molar-refractivity contribution is 0.897. The minimum Gasteiger partial charge on any atom is -0.377 e. The van der Waals surface area contributed by atoms with Crippen molar-refractivity contribution in [2.45, 2.75) is 26.8 Å². The van der Waals surface area contributed by atoms with Gasteiger partial charge < -0.3 is 5.32 Å². The number of anilines is 1. The molecule has 1 heterocycles. The molecule has 90 valence electrons. The molecule has 0 spiro atoms. The van der Waals surface area contributed by atoms with Crippen molar-refractivity contribution in [3.8, 4) is 0 Å². The molecule has 0 saturated heterocycles. The highest BCUT2D eigenvalue weighted by Crippen LogP contribution is 2.28. The Balaban J connectivity index is 2.19. The number of hydrogen-bond donors (Lipinski definition) is 1. The first-order chi connectivity index (χ1) is 8.08. The molecule has 0 fully saturated rings. The summed E-state index contributed by atoms with van der Waals surface area (Å²) in [5, 5.41) is 6.45. The van der Waals surface area contributed by atoms with E-state index < -0.39 is 0 Å². The molecule has 3 heteroatoms. The quantitative estimate of drug-likeness (QED) is 0.805. The van der Waals surface area contributed by atoms with Crippen LogP contribution in [-0.2, 0) is 0 Å². The molecule has 1 N–H and O–H groups in total. The van der Waals surface area contributed by atoms with E-state index >= 15 is 0 Å². The van der Waals surface area contributed by atoms with Gasteiger partial charge in [0.05, 0.1) is 6.04 Å². The highest BCUT2D eigenvalue weighted by molar-refractivity contribution is 7.10. The standard InChI is InChI=1S/C14H16ClNS/c1-9-6-7-17-14(9)11(3)16-13-5-4-12(15)8-10(13)2/h4-8,11,16H,1-3H3. The van der Waals surface area contributed by atoms with Crippen molar-refractivity contribution in [2.24, 2.45) is 0 Å². The Hall–Kier alpha value is -0.990. The van der Waals surface area contributed by atoms with Crippen LogP contribution in [0.1, 0.15) is 29.0 Å². The van der Waals surface area contributed by atoms with E-state index in [1.165, 1.54) is 16.0 Å². The molecule has 1 aromatic carbocycles. The molecule has 1 nitrogen and oxygen atoms in total. The fourth-order valence-electron chi connectivity index (χ4n) is 1.92. The smallest absolute Gasteiger partial charge is 0.0581 e. The number of aryl methyl sites for hydroxylation is 2. The normalized spacial score (nSPS) is 12.5. The van der Waals surface area contributed by atoms with E-state index in [2.05, 4.69) is 37.5 Å². The molecule has 1 aromatic heterocycles. The fraction of sp³-hybridized carbons (Fsp3) is 0.286. The van der Waals surface area contributed by atoms with E-state index in [0.29, 0.717) is 6.04 Å². The minimum absolute atomic E-state index is 0.329. The Labute approximate surface area is 111 Å². The van der Waals surface area contributed by atoms with Gasteiger partial charge in [-0.15, -0.1) is 11.3 Å². The number of thiophene rings is 1. The third-order valence-electron chi connectivity index (χ3n) is 2.86. The molecule has 0 aliphatic heterocycles. The van der Waals surface area contributed by atoms with Crippen LogP contribution >= 0.6 is 22.9 Å². The molecule has 0 saturated carbocycles. The highest BCUT2D eigenvalue weighted by Gasteiger charge is 2.10. The molecule has 0 aliphatic rings. The van der Waals surface area contributed by atoms with Crippen LogP contribution in [0.3, 0.4) is 0 Å². The van der Waals surface area contributed by atoms with E-state index in [9.17, 15) is 0 Å².